The lowest BCUT2D eigenvalue weighted by Crippen LogP contribution is -2.52. The van der Waals surface area contributed by atoms with Gasteiger partial charge in [0.15, 0.2) is 0 Å². The van der Waals surface area contributed by atoms with Crippen LogP contribution in [0.5, 0.6) is 0 Å². The largest absolute Gasteiger partial charge is 0.380 e. The molecule has 1 heterocycles. The summed E-state index contributed by atoms with van der Waals surface area (Å²) in [6, 6.07) is 0. The minimum Gasteiger partial charge on any atom is -0.380 e. The number of rotatable bonds is 6. The van der Waals surface area contributed by atoms with Gasteiger partial charge in [-0.1, -0.05) is 13.3 Å². The molecule has 1 aliphatic rings. The van der Waals surface area contributed by atoms with Gasteiger partial charge in [0.25, 0.3) is 0 Å². The number of ether oxygens (including phenoxy) is 1. The van der Waals surface area contributed by atoms with Crippen LogP contribution in [-0.4, -0.2) is 49.6 Å². The summed E-state index contributed by atoms with van der Waals surface area (Å²) in [5, 5.41) is 2.26. The zero-order valence-electron chi connectivity index (χ0n) is 9.12. The van der Waals surface area contributed by atoms with Gasteiger partial charge in [-0.05, 0) is 6.42 Å². The first kappa shape index (κ1) is 12.1. The second kappa shape index (κ2) is 6.53. The van der Waals surface area contributed by atoms with Crippen LogP contribution in [0.1, 0.15) is 19.8 Å². The smallest absolute Gasteiger partial charge is 0.240 e. The van der Waals surface area contributed by atoms with Crippen molar-refractivity contribution < 1.29 is 14.3 Å². The number of carbonyl (C=O) groups is 2. The van der Waals surface area contributed by atoms with E-state index in [0.717, 1.165) is 19.4 Å². The molecule has 0 atom stereocenters. The summed E-state index contributed by atoms with van der Waals surface area (Å²) in [5.41, 5.74) is 0. The number of nitrogens with one attached hydrogen (secondary N) is 1. The van der Waals surface area contributed by atoms with Crippen molar-refractivity contribution in [2.24, 2.45) is 0 Å². The second-order valence-corrected chi connectivity index (χ2v) is 3.65. The highest BCUT2D eigenvalue weighted by molar-refractivity contribution is 5.99. The van der Waals surface area contributed by atoms with Gasteiger partial charge in [-0.3, -0.25) is 19.8 Å². The summed E-state index contributed by atoms with van der Waals surface area (Å²) >= 11 is 0. The SMILES string of the molecule is CCCCOCCN1CC(=O)NC(=O)C1. The van der Waals surface area contributed by atoms with Gasteiger partial charge in [-0.15, -0.1) is 0 Å². The predicted molar refractivity (Wildman–Crippen MR) is 55.3 cm³/mol. The summed E-state index contributed by atoms with van der Waals surface area (Å²) in [6.45, 7) is 4.68. The Morgan fingerprint density at radius 2 is 1.93 bits per heavy atom. The molecule has 0 bridgehead atoms. The summed E-state index contributed by atoms with van der Waals surface area (Å²) in [7, 11) is 0. The van der Waals surface area contributed by atoms with E-state index in [9.17, 15) is 9.59 Å². The van der Waals surface area contributed by atoms with Crippen LogP contribution in [0, 0.1) is 0 Å². The average Bonchev–Trinajstić information content (AvgIpc) is 2.16. The Morgan fingerprint density at radius 3 is 2.53 bits per heavy atom. The van der Waals surface area contributed by atoms with Crippen LogP contribution in [0.15, 0.2) is 0 Å². The van der Waals surface area contributed by atoms with Crippen molar-refractivity contribution in [3.8, 4) is 0 Å². The van der Waals surface area contributed by atoms with E-state index in [1.807, 2.05) is 0 Å². The minimum absolute atomic E-state index is 0.222. The lowest BCUT2D eigenvalue weighted by Gasteiger charge is -2.24. The minimum atomic E-state index is -0.222. The molecule has 0 aromatic carbocycles. The van der Waals surface area contributed by atoms with Gasteiger partial charge in [-0.25, -0.2) is 0 Å². The first-order valence-electron chi connectivity index (χ1n) is 5.35. The molecular weight excluding hydrogens is 196 g/mol. The molecule has 1 aliphatic heterocycles. The normalized spacial score (nSPS) is 17.9. The number of hydrogen-bond donors (Lipinski definition) is 1. The van der Waals surface area contributed by atoms with E-state index in [-0.39, 0.29) is 11.8 Å². The molecule has 0 radical (unpaired) electrons. The number of hydrogen-bond acceptors (Lipinski definition) is 4. The molecule has 5 heteroatoms. The molecule has 0 spiro atoms. The number of carbonyl (C=O) groups excluding carboxylic acids is 2. The maximum atomic E-state index is 11.0. The van der Waals surface area contributed by atoms with Crippen LogP contribution in [0.25, 0.3) is 0 Å². The van der Waals surface area contributed by atoms with E-state index in [4.69, 9.17) is 4.74 Å². The van der Waals surface area contributed by atoms with Gasteiger partial charge >= 0.3 is 0 Å². The summed E-state index contributed by atoms with van der Waals surface area (Å²) in [4.78, 5) is 23.8. The lowest BCUT2D eigenvalue weighted by molar-refractivity contribution is -0.136. The van der Waals surface area contributed by atoms with Crippen LogP contribution < -0.4 is 5.32 Å². The highest BCUT2D eigenvalue weighted by atomic mass is 16.5. The fraction of sp³-hybridized carbons (Fsp3) is 0.800. The third kappa shape index (κ3) is 4.90. The maximum absolute atomic E-state index is 11.0. The van der Waals surface area contributed by atoms with Crippen molar-refractivity contribution in [1.82, 2.24) is 10.2 Å². The molecule has 86 valence electrons. The zero-order chi connectivity index (χ0) is 11.1. The Labute approximate surface area is 89.8 Å². The van der Waals surface area contributed by atoms with Crippen molar-refractivity contribution in [2.75, 3.05) is 32.8 Å². The number of unbranched alkanes of at least 4 members (excludes halogenated alkanes) is 1. The molecule has 0 aromatic rings. The topological polar surface area (TPSA) is 58.6 Å². The van der Waals surface area contributed by atoms with Gasteiger partial charge in [-0.2, -0.15) is 0 Å². The van der Waals surface area contributed by atoms with E-state index in [1.165, 1.54) is 0 Å². The molecule has 1 fully saturated rings. The maximum Gasteiger partial charge on any atom is 0.240 e. The Kier molecular flexibility index (Phi) is 5.28. The van der Waals surface area contributed by atoms with E-state index in [2.05, 4.69) is 12.2 Å². The molecule has 1 N–H and O–H groups in total. The van der Waals surface area contributed by atoms with E-state index in [0.29, 0.717) is 26.2 Å². The number of nitrogens with zero attached hydrogens (tertiary/aromatic N) is 1. The molecule has 0 saturated carbocycles. The number of amides is 2. The molecule has 1 saturated heterocycles. The second-order valence-electron chi connectivity index (χ2n) is 3.65. The van der Waals surface area contributed by atoms with Crippen molar-refractivity contribution >= 4 is 11.8 Å². The van der Waals surface area contributed by atoms with Crippen LogP contribution >= 0.6 is 0 Å². The molecule has 5 nitrogen and oxygen atoms in total. The van der Waals surface area contributed by atoms with Crippen molar-refractivity contribution in [3.63, 3.8) is 0 Å². The van der Waals surface area contributed by atoms with E-state index < -0.39 is 0 Å². The van der Waals surface area contributed by atoms with Gasteiger partial charge in [0.1, 0.15) is 0 Å². The van der Waals surface area contributed by atoms with Crippen LogP contribution in [-0.2, 0) is 14.3 Å². The first-order valence-corrected chi connectivity index (χ1v) is 5.35. The Hall–Kier alpha value is -0.940. The monoisotopic (exact) mass is 214 g/mol. The number of imide groups is 1. The summed E-state index contributed by atoms with van der Waals surface area (Å²) < 4.78 is 5.36. The Bertz CT molecular complexity index is 215. The highest BCUT2D eigenvalue weighted by Gasteiger charge is 2.21. The van der Waals surface area contributed by atoms with Crippen molar-refractivity contribution in [3.05, 3.63) is 0 Å². The molecule has 0 aromatic heterocycles. The Balaban J connectivity index is 2.10. The zero-order valence-corrected chi connectivity index (χ0v) is 9.12. The average molecular weight is 214 g/mol. The van der Waals surface area contributed by atoms with Crippen LogP contribution in [0.3, 0.4) is 0 Å². The lowest BCUT2D eigenvalue weighted by atomic mass is 10.3. The first-order chi connectivity index (χ1) is 7.22. The fourth-order valence-electron chi connectivity index (χ4n) is 1.40. The number of piperazine rings is 1. The van der Waals surface area contributed by atoms with Gasteiger partial charge < -0.3 is 4.74 Å². The molecule has 0 unspecified atom stereocenters. The quantitative estimate of drug-likeness (QED) is 0.490. The standard InChI is InChI=1S/C10H18N2O3/c1-2-3-5-15-6-4-12-7-9(13)11-10(14)8-12/h2-8H2,1H3,(H,11,13,14). The molecular formula is C10H18N2O3. The Morgan fingerprint density at radius 1 is 1.27 bits per heavy atom. The molecule has 2 amide bonds. The summed E-state index contributed by atoms with van der Waals surface area (Å²) in [5.74, 6) is -0.445. The highest BCUT2D eigenvalue weighted by Crippen LogP contribution is 1.95. The van der Waals surface area contributed by atoms with Gasteiger partial charge in [0.05, 0.1) is 19.7 Å². The van der Waals surface area contributed by atoms with Gasteiger partial charge in [0, 0.05) is 13.2 Å². The van der Waals surface area contributed by atoms with Crippen molar-refractivity contribution in [2.45, 2.75) is 19.8 Å². The van der Waals surface area contributed by atoms with E-state index >= 15 is 0 Å². The fourth-order valence-corrected chi connectivity index (χ4v) is 1.40. The third-order valence-electron chi connectivity index (χ3n) is 2.21. The third-order valence-corrected chi connectivity index (χ3v) is 2.21. The molecule has 0 aliphatic carbocycles. The van der Waals surface area contributed by atoms with Crippen LogP contribution in [0.2, 0.25) is 0 Å². The van der Waals surface area contributed by atoms with Gasteiger partial charge in [0.2, 0.25) is 11.8 Å². The van der Waals surface area contributed by atoms with E-state index in [1.54, 1.807) is 4.90 Å². The molecule has 1 rings (SSSR count). The molecule has 15 heavy (non-hydrogen) atoms. The van der Waals surface area contributed by atoms with Crippen molar-refractivity contribution in [1.29, 1.82) is 0 Å². The summed E-state index contributed by atoms with van der Waals surface area (Å²) in [6.07, 6.45) is 2.17. The van der Waals surface area contributed by atoms with Crippen LogP contribution in [0.4, 0.5) is 0 Å². The predicted octanol–water partition coefficient (Wildman–Crippen LogP) is -0.238.